The molecule has 3 aliphatic rings. The second-order valence-corrected chi connectivity index (χ2v) is 12.2. The number of fused-ring (bicyclic) bond motifs is 1. The molecule has 2 unspecified atom stereocenters. The number of carbonyl (C=O) groups is 3. The summed E-state index contributed by atoms with van der Waals surface area (Å²) in [6, 6.07) is 17.7. The molecule has 3 saturated heterocycles. The van der Waals surface area contributed by atoms with Gasteiger partial charge >= 0.3 is 0 Å². The van der Waals surface area contributed by atoms with Crippen LogP contribution in [0, 0.1) is 11.8 Å². The van der Waals surface area contributed by atoms with E-state index in [1.165, 1.54) is 0 Å². The summed E-state index contributed by atoms with van der Waals surface area (Å²) in [5, 5.41) is 16.7. The Bertz CT molecular complexity index is 1150. The highest BCUT2D eigenvalue weighted by atomic mass is 32.2. The third-order valence-electron chi connectivity index (χ3n) is 8.37. The number of hydrogen-bond acceptors (Lipinski definition) is 5. The monoisotopic (exact) mass is 535 g/mol. The van der Waals surface area contributed by atoms with Crippen molar-refractivity contribution in [2.75, 3.05) is 13.2 Å². The molecule has 38 heavy (non-hydrogen) atoms. The summed E-state index contributed by atoms with van der Waals surface area (Å²) in [6.07, 6.45) is 4.44. The molecule has 3 amide bonds. The third kappa shape index (κ3) is 4.73. The number of thioether (sulfide) groups is 1. The van der Waals surface area contributed by atoms with Crippen molar-refractivity contribution in [1.82, 2.24) is 15.5 Å². The second-order valence-electron chi connectivity index (χ2n) is 10.6. The fourth-order valence-electron chi connectivity index (χ4n) is 6.64. The van der Waals surface area contributed by atoms with Gasteiger partial charge in [-0.15, -0.1) is 11.8 Å². The van der Waals surface area contributed by atoms with Crippen LogP contribution in [0.2, 0.25) is 0 Å². The van der Waals surface area contributed by atoms with Crippen LogP contribution in [0.1, 0.15) is 56.2 Å². The first-order chi connectivity index (χ1) is 18.5. The van der Waals surface area contributed by atoms with E-state index in [1.54, 1.807) is 16.7 Å². The van der Waals surface area contributed by atoms with Gasteiger partial charge in [0.25, 0.3) is 0 Å². The Morgan fingerprint density at radius 3 is 2.45 bits per heavy atom. The Kier molecular flexibility index (Phi) is 8.09. The fraction of sp³-hybridized carbons (Fsp3) is 0.500. The van der Waals surface area contributed by atoms with Crippen molar-refractivity contribution in [3.05, 3.63) is 71.8 Å². The lowest BCUT2D eigenvalue weighted by molar-refractivity contribution is -0.143. The maximum Gasteiger partial charge on any atom is 0.244 e. The number of amides is 3. The lowest BCUT2D eigenvalue weighted by Gasteiger charge is -2.37. The van der Waals surface area contributed by atoms with Gasteiger partial charge in [0.05, 0.1) is 29.2 Å². The summed E-state index contributed by atoms with van der Waals surface area (Å²) in [4.78, 5) is 43.3. The highest BCUT2D eigenvalue weighted by molar-refractivity contribution is 8.02. The van der Waals surface area contributed by atoms with Gasteiger partial charge in [-0.25, -0.2) is 0 Å². The zero-order valence-corrected chi connectivity index (χ0v) is 22.7. The predicted molar refractivity (Wildman–Crippen MR) is 148 cm³/mol. The molecule has 0 aliphatic carbocycles. The SMILES string of the molecule is CCCCCNC(=O)C1N([C@H](CO)c2ccccc2)C(=O)[C@@H]2[C@H](C(=O)NCc3ccccc3)[C@@H]3CCC12S3. The van der Waals surface area contributed by atoms with Gasteiger partial charge in [0.2, 0.25) is 17.7 Å². The van der Waals surface area contributed by atoms with E-state index in [9.17, 15) is 19.5 Å². The largest absolute Gasteiger partial charge is 0.394 e. The van der Waals surface area contributed by atoms with Gasteiger partial charge in [-0.2, -0.15) is 0 Å². The Balaban J connectivity index is 1.46. The molecule has 0 saturated carbocycles. The molecule has 0 aromatic heterocycles. The van der Waals surface area contributed by atoms with Gasteiger partial charge < -0.3 is 20.6 Å². The number of rotatable bonds is 11. The number of hydrogen-bond donors (Lipinski definition) is 3. The summed E-state index contributed by atoms with van der Waals surface area (Å²) in [7, 11) is 0. The van der Waals surface area contributed by atoms with Crippen molar-refractivity contribution >= 4 is 29.5 Å². The van der Waals surface area contributed by atoms with Crippen LogP contribution in [-0.4, -0.2) is 56.9 Å². The quantitative estimate of drug-likeness (QED) is 0.383. The number of unbranched alkanes of at least 4 members (excludes halogenated alkanes) is 2. The van der Waals surface area contributed by atoms with E-state index in [1.807, 2.05) is 60.7 Å². The fourth-order valence-corrected chi connectivity index (χ4v) is 8.85. The standard InChI is InChI=1S/C30H37N3O4S/c1-2-3-10-17-31-28(36)26-30-16-15-23(38-30)24(27(35)32-18-20-11-6-4-7-12-20)25(30)29(37)33(26)22(19-34)21-13-8-5-9-14-21/h4-9,11-14,22-26,34H,2-3,10,15-19H2,1H3,(H,31,36)(H,32,35)/t22-,23+,24-,25+,26?,30?/m1/s1. The Morgan fingerprint density at radius 1 is 1.05 bits per heavy atom. The smallest absolute Gasteiger partial charge is 0.244 e. The molecule has 3 aliphatic heterocycles. The average Bonchev–Trinajstić information content (AvgIpc) is 3.59. The molecule has 3 N–H and O–H groups in total. The van der Waals surface area contributed by atoms with Crippen LogP contribution in [0.5, 0.6) is 0 Å². The van der Waals surface area contributed by atoms with Gasteiger partial charge in [-0.3, -0.25) is 14.4 Å². The van der Waals surface area contributed by atoms with Crippen molar-refractivity contribution in [1.29, 1.82) is 0 Å². The molecule has 6 atom stereocenters. The normalized spacial score (nSPS) is 28.3. The Labute approximate surface area is 228 Å². The van der Waals surface area contributed by atoms with Crippen LogP contribution in [0.15, 0.2) is 60.7 Å². The molecule has 0 radical (unpaired) electrons. The summed E-state index contributed by atoms with van der Waals surface area (Å²) in [5.74, 6) is -1.59. The second kappa shape index (κ2) is 11.5. The molecule has 1 spiro atoms. The lowest BCUT2D eigenvalue weighted by Crippen LogP contribution is -2.54. The number of likely N-dealkylation sites (tertiary alicyclic amines) is 1. The van der Waals surface area contributed by atoms with Crippen molar-refractivity contribution in [2.24, 2.45) is 11.8 Å². The van der Waals surface area contributed by atoms with Gasteiger partial charge in [0.1, 0.15) is 6.04 Å². The number of benzene rings is 2. The van der Waals surface area contributed by atoms with E-state index in [4.69, 9.17) is 0 Å². The molecule has 2 aromatic carbocycles. The molecule has 3 heterocycles. The minimum atomic E-state index is -0.735. The third-order valence-corrected chi connectivity index (χ3v) is 10.3. The van der Waals surface area contributed by atoms with Crippen molar-refractivity contribution in [2.45, 2.75) is 67.7 Å². The summed E-state index contributed by atoms with van der Waals surface area (Å²) >= 11 is 1.65. The highest BCUT2D eigenvalue weighted by Gasteiger charge is 2.74. The zero-order chi connectivity index (χ0) is 26.7. The predicted octanol–water partition coefficient (Wildman–Crippen LogP) is 3.43. The van der Waals surface area contributed by atoms with E-state index in [0.29, 0.717) is 19.5 Å². The minimum absolute atomic E-state index is 0.00145. The molecular formula is C30H37N3O4S. The number of carbonyl (C=O) groups excluding carboxylic acids is 3. The molecule has 3 fully saturated rings. The maximum atomic E-state index is 14.3. The summed E-state index contributed by atoms with van der Waals surface area (Å²) in [6.45, 7) is 2.77. The van der Waals surface area contributed by atoms with Crippen LogP contribution in [-0.2, 0) is 20.9 Å². The summed E-state index contributed by atoms with van der Waals surface area (Å²) in [5.41, 5.74) is 1.78. The lowest BCUT2D eigenvalue weighted by atomic mass is 9.70. The Morgan fingerprint density at radius 2 is 1.76 bits per heavy atom. The molecule has 7 nitrogen and oxygen atoms in total. The topological polar surface area (TPSA) is 98.7 Å². The molecule has 2 aromatic rings. The van der Waals surface area contributed by atoms with Crippen molar-refractivity contribution < 1.29 is 19.5 Å². The van der Waals surface area contributed by atoms with E-state index in [-0.39, 0.29) is 29.6 Å². The van der Waals surface area contributed by atoms with Crippen molar-refractivity contribution in [3.63, 3.8) is 0 Å². The van der Waals surface area contributed by atoms with Crippen LogP contribution >= 0.6 is 11.8 Å². The van der Waals surface area contributed by atoms with Crippen molar-refractivity contribution in [3.8, 4) is 0 Å². The molecular weight excluding hydrogens is 498 g/mol. The molecule has 5 rings (SSSR count). The van der Waals surface area contributed by atoms with Crippen LogP contribution < -0.4 is 10.6 Å². The molecule has 8 heteroatoms. The first-order valence-electron chi connectivity index (χ1n) is 13.8. The Hall–Kier alpha value is -2.84. The van der Waals surface area contributed by atoms with Crippen LogP contribution in [0.25, 0.3) is 0 Å². The van der Waals surface area contributed by atoms with E-state index in [2.05, 4.69) is 17.6 Å². The minimum Gasteiger partial charge on any atom is -0.394 e. The number of aliphatic hydroxyl groups is 1. The van der Waals surface area contributed by atoms with E-state index < -0.39 is 28.7 Å². The number of aliphatic hydroxyl groups excluding tert-OH is 1. The molecule has 202 valence electrons. The number of nitrogens with one attached hydrogen (secondary N) is 2. The van der Waals surface area contributed by atoms with E-state index in [0.717, 1.165) is 36.8 Å². The van der Waals surface area contributed by atoms with Gasteiger partial charge in [-0.05, 0) is 30.4 Å². The van der Waals surface area contributed by atoms with Gasteiger partial charge in [-0.1, -0.05) is 80.4 Å². The zero-order valence-electron chi connectivity index (χ0n) is 21.8. The van der Waals surface area contributed by atoms with E-state index >= 15 is 0 Å². The highest BCUT2D eigenvalue weighted by Crippen LogP contribution is 2.67. The summed E-state index contributed by atoms with van der Waals surface area (Å²) < 4.78 is -0.673. The number of nitrogens with zero attached hydrogens (tertiary/aromatic N) is 1. The van der Waals surface area contributed by atoms with Crippen LogP contribution in [0.3, 0.4) is 0 Å². The first kappa shape index (κ1) is 26.8. The van der Waals surface area contributed by atoms with Gasteiger partial charge in [0, 0.05) is 18.3 Å². The molecule has 2 bridgehead atoms. The maximum absolute atomic E-state index is 14.3. The average molecular weight is 536 g/mol. The van der Waals surface area contributed by atoms with Crippen LogP contribution in [0.4, 0.5) is 0 Å². The van der Waals surface area contributed by atoms with Gasteiger partial charge in [0.15, 0.2) is 0 Å². The first-order valence-corrected chi connectivity index (χ1v) is 14.6.